The van der Waals surface area contributed by atoms with Gasteiger partial charge < -0.3 is 5.32 Å². The van der Waals surface area contributed by atoms with E-state index in [0.29, 0.717) is 0 Å². The molecule has 11 heavy (non-hydrogen) atoms. The van der Waals surface area contributed by atoms with Gasteiger partial charge in [-0.2, -0.15) is 0 Å². The Bertz CT molecular complexity index is 322. The number of nitrogens with one attached hydrogen (secondary N) is 1. The summed E-state index contributed by atoms with van der Waals surface area (Å²) >= 11 is 5.13. The molecule has 1 aliphatic heterocycles. The molecule has 3 heteroatoms. The van der Waals surface area contributed by atoms with Crippen molar-refractivity contribution in [1.82, 2.24) is 0 Å². The molecule has 0 atom stereocenters. The largest absolute Gasteiger partial charge is 0.349 e. The van der Waals surface area contributed by atoms with Crippen LogP contribution in [0.25, 0.3) is 0 Å². The number of thioether (sulfide) groups is 1. The summed E-state index contributed by atoms with van der Waals surface area (Å²) in [6.45, 7) is 3.84. The zero-order chi connectivity index (χ0) is 7.84. The van der Waals surface area contributed by atoms with E-state index >= 15 is 0 Å². The first-order valence-electron chi connectivity index (χ1n) is 3.19. The monoisotopic (exact) mass is 227 g/mol. The van der Waals surface area contributed by atoms with Gasteiger partial charge in [0.05, 0.1) is 10.7 Å². The molecule has 0 fully saturated rings. The molecule has 0 radical (unpaired) electrons. The fourth-order valence-corrected chi connectivity index (χ4v) is 2.43. The Hall–Kier alpha value is -0.410. The van der Waals surface area contributed by atoms with Crippen molar-refractivity contribution in [2.24, 2.45) is 0 Å². The van der Waals surface area contributed by atoms with Crippen molar-refractivity contribution in [3.8, 4) is 0 Å². The average Bonchev–Trinajstić information content (AvgIpc) is 2.31. The normalized spacial score (nSPS) is 14.5. The van der Waals surface area contributed by atoms with Gasteiger partial charge >= 0.3 is 0 Å². The van der Waals surface area contributed by atoms with E-state index in [4.69, 9.17) is 0 Å². The highest BCUT2D eigenvalue weighted by Crippen LogP contribution is 2.43. The number of hydrogen-bond acceptors (Lipinski definition) is 2. The lowest BCUT2D eigenvalue weighted by Gasteiger charge is -1.98. The lowest BCUT2D eigenvalue weighted by Crippen LogP contribution is -1.86. The number of fused-ring (bicyclic) bond motifs is 1. The molecule has 56 valence electrons. The van der Waals surface area contributed by atoms with E-state index in [1.165, 1.54) is 4.90 Å². The SMILES string of the molecule is C=C1Nc2c(Br)cccc2S1. The van der Waals surface area contributed by atoms with E-state index in [1.807, 2.05) is 12.1 Å². The van der Waals surface area contributed by atoms with E-state index < -0.39 is 0 Å². The summed E-state index contributed by atoms with van der Waals surface area (Å²) in [4.78, 5) is 1.24. The Kier molecular flexibility index (Phi) is 1.69. The summed E-state index contributed by atoms with van der Waals surface area (Å²) in [5.41, 5.74) is 1.14. The zero-order valence-electron chi connectivity index (χ0n) is 5.73. The fourth-order valence-electron chi connectivity index (χ4n) is 1.01. The third-order valence-electron chi connectivity index (χ3n) is 1.47. The van der Waals surface area contributed by atoms with Crippen molar-refractivity contribution < 1.29 is 0 Å². The molecule has 2 rings (SSSR count). The van der Waals surface area contributed by atoms with Gasteiger partial charge in [-0.3, -0.25) is 0 Å². The van der Waals surface area contributed by atoms with Crippen molar-refractivity contribution in [1.29, 1.82) is 0 Å². The molecule has 0 amide bonds. The highest BCUT2D eigenvalue weighted by Gasteiger charge is 2.15. The smallest absolute Gasteiger partial charge is 0.0702 e. The summed E-state index contributed by atoms with van der Waals surface area (Å²) in [7, 11) is 0. The first-order valence-corrected chi connectivity index (χ1v) is 4.80. The van der Waals surface area contributed by atoms with Gasteiger partial charge in [0, 0.05) is 9.37 Å². The Morgan fingerprint density at radius 1 is 1.45 bits per heavy atom. The van der Waals surface area contributed by atoms with Gasteiger partial charge in [0.1, 0.15) is 0 Å². The van der Waals surface area contributed by atoms with Crippen LogP contribution in [0.1, 0.15) is 0 Å². The Morgan fingerprint density at radius 3 is 3.00 bits per heavy atom. The van der Waals surface area contributed by atoms with E-state index in [0.717, 1.165) is 15.2 Å². The van der Waals surface area contributed by atoms with Gasteiger partial charge in [0.15, 0.2) is 0 Å². The van der Waals surface area contributed by atoms with Crippen molar-refractivity contribution in [3.05, 3.63) is 34.3 Å². The summed E-state index contributed by atoms with van der Waals surface area (Å²) < 4.78 is 1.10. The molecule has 1 aromatic rings. The zero-order valence-corrected chi connectivity index (χ0v) is 8.13. The molecular weight excluding hydrogens is 222 g/mol. The highest BCUT2D eigenvalue weighted by molar-refractivity contribution is 9.10. The van der Waals surface area contributed by atoms with Gasteiger partial charge in [-0.1, -0.05) is 24.4 Å². The topological polar surface area (TPSA) is 12.0 Å². The molecule has 1 N–H and O–H groups in total. The lowest BCUT2D eigenvalue weighted by atomic mass is 10.3. The lowest BCUT2D eigenvalue weighted by molar-refractivity contribution is 1.43. The number of para-hydroxylation sites is 1. The van der Waals surface area contributed by atoms with E-state index in [9.17, 15) is 0 Å². The molecule has 1 nitrogen and oxygen atoms in total. The summed E-state index contributed by atoms with van der Waals surface area (Å²) in [6, 6.07) is 6.12. The molecule has 0 saturated carbocycles. The van der Waals surface area contributed by atoms with Crippen LogP contribution in [0.15, 0.2) is 39.2 Å². The summed E-state index contributed by atoms with van der Waals surface area (Å²) in [5.74, 6) is 0. The number of benzene rings is 1. The van der Waals surface area contributed by atoms with Crippen molar-refractivity contribution in [2.45, 2.75) is 4.90 Å². The first kappa shape index (κ1) is 7.25. The molecule has 1 aliphatic rings. The molecule has 1 heterocycles. The maximum absolute atomic E-state index is 3.84. The van der Waals surface area contributed by atoms with Crippen LogP contribution in [0, 0.1) is 0 Å². The minimum absolute atomic E-state index is 0.993. The number of hydrogen-bond donors (Lipinski definition) is 1. The van der Waals surface area contributed by atoms with Crippen molar-refractivity contribution in [2.75, 3.05) is 5.32 Å². The Morgan fingerprint density at radius 2 is 2.27 bits per heavy atom. The maximum atomic E-state index is 3.84. The second-order valence-corrected chi connectivity index (χ2v) is 4.25. The molecule has 0 spiro atoms. The predicted molar refractivity (Wildman–Crippen MR) is 52.8 cm³/mol. The second-order valence-electron chi connectivity index (χ2n) is 2.26. The minimum Gasteiger partial charge on any atom is -0.349 e. The van der Waals surface area contributed by atoms with Crippen LogP contribution >= 0.6 is 27.7 Å². The van der Waals surface area contributed by atoms with Gasteiger partial charge in [0.2, 0.25) is 0 Å². The van der Waals surface area contributed by atoms with Crippen LogP contribution in [0.2, 0.25) is 0 Å². The molecule has 1 aromatic carbocycles. The second kappa shape index (κ2) is 2.57. The quantitative estimate of drug-likeness (QED) is 0.729. The number of halogens is 1. The van der Waals surface area contributed by atoms with Crippen LogP contribution in [-0.2, 0) is 0 Å². The van der Waals surface area contributed by atoms with Crippen LogP contribution in [-0.4, -0.2) is 0 Å². The Balaban J connectivity index is 2.57. The molecule has 0 bridgehead atoms. The van der Waals surface area contributed by atoms with E-state index in [1.54, 1.807) is 11.8 Å². The van der Waals surface area contributed by atoms with E-state index in [2.05, 4.69) is 33.9 Å². The number of rotatable bonds is 0. The van der Waals surface area contributed by atoms with Crippen LogP contribution < -0.4 is 5.32 Å². The molecule has 0 saturated heterocycles. The van der Waals surface area contributed by atoms with Crippen molar-refractivity contribution >= 4 is 33.4 Å². The van der Waals surface area contributed by atoms with Gasteiger partial charge in [-0.15, -0.1) is 0 Å². The van der Waals surface area contributed by atoms with Crippen LogP contribution in [0.5, 0.6) is 0 Å². The highest BCUT2D eigenvalue weighted by atomic mass is 79.9. The summed E-state index contributed by atoms with van der Waals surface area (Å²) in [5, 5.41) is 4.18. The summed E-state index contributed by atoms with van der Waals surface area (Å²) in [6.07, 6.45) is 0. The molecular formula is C8H6BrNS. The number of anilines is 1. The predicted octanol–water partition coefficient (Wildman–Crippen LogP) is 3.44. The third kappa shape index (κ3) is 1.19. The van der Waals surface area contributed by atoms with E-state index in [-0.39, 0.29) is 0 Å². The van der Waals surface area contributed by atoms with Gasteiger partial charge in [-0.25, -0.2) is 0 Å². The molecule has 0 aliphatic carbocycles. The van der Waals surface area contributed by atoms with Gasteiger partial charge in [0.25, 0.3) is 0 Å². The Labute approximate surface area is 78.0 Å². The maximum Gasteiger partial charge on any atom is 0.0702 e. The standard InChI is InChI=1S/C8H6BrNS/c1-5-10-8-6(9)3-2-4-7(8)11-5/h2-4,10H,1H2. The van der Waals surface area contributed by atoms with Gasteiger partial charge in [-0.05, 0) is 28.1 Å². The van der Waals surface area contributed by atoms with Crippen LogP contribution in [0.3, 0.4) is 0 Å². The molecule has 0 unspecified atom stereocenters. The minimum atomic E-state index is 0.993. The van der Waals surface area contributed by atoms with Crippen molar-refractivity contribution in [3.63, 3.8) is 0 Å². The fraction of sp³-hybridized carbons (Fsp3) is 0. The molecule has 0 aromatic heterocycles. The first-order chi connectivity index (χ1) is 5.27. The average molecular weight is 228 g/mol. The third-order valence-corrected chi connectivity index (χ3v) is 3.04. The van der Waals surface area contributed by atoms with Crippen LogP contribution in [0.4, 0.5) is 5.69 Å².